The summed E-state index contributed by atoms with van der Waals surface area (Å²) in [6.45, 7) is 0.127. The lowest BCUT2D eigenvalue weighted by molar-refractivity contribution is -0.142. The summed E-state index contributed by atoms with van der Waals surface area (Å²) in [5.41, 5.74) is 46.0. The average molecular weight is 959 g/mol. The standard InChI is InChI=1S/C45H66N16O8/c46-30(24-26-9-2-1-3-10-26)37(63)61-35(25-27-16-17-28-11-4-5-12-29(28)23-27)41(67)59-32(14-7-21-55-44(50)51)39(65)57-31(13-6-20-54-43(48)49)38(64)58-33(15-8-22-56-45(52)53)40(66)60-34(42(68)69)18-19-36(47)62/h1-5,9-12,16-17,23,30-35H,6-8,13-15,18-22,24-25,46H2,(H2,47,62)(H,57,65)(H,58,64)(H,59,67)(H,60,66)(H,61,63)(H,68,69)(H4,48,49,54)(H4,50,51,55)(H4,52,53,56)/t30-,31-,32-,33-,34-,35-/m0/s1. The van der Waals surface area contributed by atoms with E-state index in [1.165, 1.54) is 0 Å². The molecule has 0 aliphatic rings. The Bertz CT molecular complexity index is 2300. The van der Waals surface area contributed by atoms with Gasteiger partial charge < -0.3 is 77.6 Å². The molecule has 0 aromatic heterocycles. The quantitative estimate of drug-likeness (QED) is 0.0179. The number of primary amides is 1. The van der Waals surface area contributed by atoms with E-state index in [4.69, 9.17) is 45.9 Å². The van der Waals surface area contributed by atoms with Gasteiger partial charge in [-0.25, -0.2) is 4.79 Å². The Hall–Kier alpha value is -8.02. The largest absolute Gasteiger partial charge is 0.480 e. The number of aliphatic imine (C=N–C) groups is 3. The SMILES string of the molecule is NC(=O)CC[C@H](NC(=O)[C@H](CCCN=C(N)N)NC(=O)[C@H](CCCN=C(N)N)NC(=O)[C@H](CCCN=C(N)N)NC(=O)[C@H](Cc1ccc2ccccc2c1)NC(=O)[C@@H](N)Cc1ccccc1)C(=O)O. The fraction of sp³-hybridized carbons (Fsp3) is 0.422. The van der Waals surface area contributed by atoms with Gasteiger partial charge in [-0.05, 0) is 73.3 Å². The molecule has 0 unspecified atom stereocenters. The predicted octanol–water partition coefficient (Wildman–Crippen LogP) is -3.11. The molecule has 0 aliphatic heterocycles. The van der Waals surface area contributed by atoms with E-state index in [1.54, 1.807) is 0 Å². The summed E-state index contributed by atoms with van der Waals surface area (Å²) in [4.78, 5) is 105. The Morgan fingerprint density at radius 2 is 0.884 bits per heavy atom. The molecule has 69 heavy (non-hydrogen) atoms. The predicted molar refractivity (Wildman–Crippen MR) is 261 cm³/mol. The number of benzene rings is 3. The van der Waals surface area contributed by atoms with Crippen LogP contribution in [0.2, 0.25) is 0 Å². The zero-order valence-corrected chi connectivity index (χ0v) is 38.4. The molecule has 6 amide bonds. The molecule has 3 aromatic rings. The van der Waals surface area contributed by atoms with Gasteiger partial charge in [-0.1, -0.05) is 72.8 Å². The lowest BCUT2D eigenvalue weighted by Gasteiger charge is -2.27. The molecular formula is C45H66N16O8. The zero-order valence-electron chi connectivity index (χ0n) is 38.4. The Balaban J connectivity index is 1.97. The first-order valence-corrected chi connectivity index (χ1v) is 22.3. The topological polar surface area (TPSA) is 445 Å². The maximum atomic E-state index is 14.4. The summed E-state index contributed by atoms with van der Waals surface area (Å²) in [7, 11) is 0. The minimum atomic E-state index is -1.55. The van der Waals surface area contributed by atoms with Gasteiger partial charge in [0.1, 0.15) is 30.2 Å². The second-order valence-electron chi connectivity index (χ2n) is 16.2. The minimum absolute atomic E-state index is 0.00344. The van der Waals surface area contributed by atoms with Crippen molar-refractivity contribution in [2.24, 2.45) is 60.8 Å². The van der Waals surface area contributed by atoms with Gasteiger partial charge in [-0.15, -0.1) is 0 Å². The summed E-state index contributed by atoms with van der Waals surface area (Å²) >= 11 is 0. The summed E-state index contributed by atoms with van der Waals surface area (Å²) in [5.74, 6) is -6.92. The molecule has 374 valence electrons. The van der Waals surface area contributed by atoms with E-state index in [0.717, 1.165) is 16.3 Å². The van der Waals surface area contributed by atoms with Gasteiger partial charge in [0.25, 0.3) is 0 Å². The van der Waals surface area contributed by atoms with Crippen molar-refractivity contribution in [2.45, 2.75) is 100 Å². The number of aliphatic carboxylic acids is 1. The van der Waals surface area contributed by atoms with E-state index in [9.17, 15) is 38.7 Å². The zero-order chi connectivity index (χ0) is 50.9. The lowest BCUT2D eigenvalue weighted by Crippen LogP contribution is -2.59. The smallest absolute Gasteiger partial charge is 0.326 e. The summed E-state index contributed by atoms with van der Waals surface area (Å²) in [6, 6.07) is 14.3. The Morgan fingerprint density at radius 3 is 1.33 bits per heavy atom. The number of nitrogens with zero attached hydrogens (tertiary/aromatic N) is 3. The molecule has 0 spiro atoms. The number of amides is 6. The van der Waals surface area contributed by atoms with Crippen LogP contribution >= 0.6 is 0 Å². The number of hydrogen-bond acceptors (Lipinski definition) is 11. The van der Waals surface area contributed by atoms with Crippen LogP contribution in [-0.4, -0.2) is 120 Å². The maximum absolute atomic E-state index is 14.4. The van der Waals surface area contributed by atoms with E-state index in [0.29, 0.717) is 5.56 Å². The van der Waals surface area contributed by atoms with E-state index < -0.39 is 77.7 Å². The Kier molecular flexibility index (Phi) is 23.2. The van der Waals surface area contributed by atoms with Crippen LogP contribution < -0.4 is 72.5 Å². The summed E-state index contributed by atoms with van der Waals surface area (Å²) < 4.78 is 0. The Morgan fingerprint density at radius 1 is 0.464 bits per heavy atom. The number of carbonyl (C=O) groups is 7. The van der Waals surface area contributed by atoms with Gasteiger partial charge in [0, 0.05) is 32.5 Å². The number of nitrogens with one attached hydrogen (secondary N) is 5. The van der Waals surface area contributed by atoms with Gasteiger partial charge in [-0.3, -0.25) is 43.7 Å². The molecule has 24 heteroatoms. The third-order valence-electron chi connectivity index (χ3n) is 10.6. The van der Waals surface area contributed by atoms with Gasteiger partial charge in [-0.2, -0.15) is 0 Å². The number of guanidine groups is 3. The van der Waals surface area contributed by atoms with Crippen molar-refractivity contribution < 1.29 is 38.7 Å². The van der Waals surface area contributed by atoms with Crippen molar-refractivity contribution in [1.29, 1.82) is 0 Å². The molecule has 0 saturated heterocycles. The maximum Gasteiger partial charge on any atom is 0.326 e. The first kappa shape index (κ1) is 55.3. The highest BCUT2D eigenvalue weighted by molar-refractivity contribution is 5.96. The van der Waals surface area contributed by atoms with Crippen LogP contribution in [0.25, 0.3) is 10.8 Å². The van der Waals surface area contributed by atoms with Crippen LogP contribution in [0.1, 0.15) is 62.5 Å². The van der Waals surface area contributed by atoms with Crippen molar-refractivity contribution in [2.75, 3.05) is 19.6 Å². The minimum Gasteiger partial charge on any atom is -0.480 e. The number of rotatable bonds is 30. The molecular weight excluding hydrogens is 893 g/mol. The highest BCUT2D eigenvalue weighted by Gasteiger charge is 2.33. The Labute approximate surface area is 399 Å². The molecule has 3 aromatic carbocycles. The van der Waals surface area contributed by atoms with Gasteiger partial charge in [0.15, 0.2) is 17.9 Å². The first-order valence-electron chi connectivity index (χ1n) is 22.3. The van der Waals surface area contributed by atoms with E-state index >= 15 is 0 Å². The van der Waals surface area contributed by atoms with Crippen molar-refractivity contribution >= 4 is 70.1 Å². The highest BCUT2D eigenvalue weighted by Crippen LogP contribution is 2.18. The van der Waals surface area contributed by atoms with Crippen LogP contribution in [0.15, 0.2) is 87.8 Å². The van der Waals surface area contributed by atoms with Crippen molar-refractivity contribution in [3.05, 3.63) is 83.9 Å². The summed E-state index contributed by atoms with van der Waals surface area (Å²) in [6.07, 6.45) is -0.341. The van der Waals surface area contributed by atoms with Crippen LogP contribution in [0.3, 0.4) is 0 Å². The average Bonchev–Trinajstić information content (AvgIpc) is 3.29. The third kappa shape index (κ3) is 21.0. The number of carboxylic acids is 1. The number of carboxylic acid groups (broad SMARTS) is 1. The molecule has 0 radical (unpaired) electrons. The molecule has 0 heterocycles. The number of nitrogens with two attached hydrogens (primary N) is 8. The molecule has 0 bridgehead atoms. The first-order chi connectivity index (χ1) is 32.8. The summed E-state index contributed by atoms with van der Waals surface area (Å²) in [5, 5.41) is 24.7. The number of fused-ring (bicyclic) bond motifs is 1. The number of carbonyl (C=O) groups excluding carboxylic acids is 6. The molecule has 0 fully saturated rings. The van der Waals surface area contributed by atoms with Gasteiger partial charge in [0.2, 0.25) is 35.4 Å². The van der Waals surface area contributed by atoms with E-state index in [1.807, 2.05) is 72.8 Å². The highest BCUT2D eigenvalue weighted by atomic mass is 16.4. The van der Waals surface area contributed by atoms with Gasteiger partial charge in [0.05, 0.1) is 6.04 Å². The van der Waals surface area contributed by atoms with E-state index in [-0.39, 0.29) is 102 Å². The van der Waals surface area contributed by atoms with Crippen molar-refractivity contribution in [3.8, 4) is 0 Å². The van der Waals surface area contributed by atoms with Crippen molar-refractivity contribution in [3.63, 3.8) is 0 Å². The second-order valence-corrected chi connectivity index (χ2v) is 16.2. The molecule has 0 saturated carbocycles. The van der Waals surface area contributed by atoms with Crippen molar-refractivity contribution in [1.82, 2.24) is 26.6 Å². The molecule has 3 rings (SSSR count). The fourth-order valence-electron chi connectivity index (χ4n) is 7.00. The second kappa shape index (κ2) is 28.9. The third-order valence-corrected chi connectivity index (χ3v) is 10.6. The molecule has 22 N–H and O–H groups in total. The monoisotopic (exact) mass is 959 g/mol. The lowest BCUT2D eigenvalue weighted by atomic mass is 9.99. The van der Waals surface area contributed by atoms with E-state index in [2.05, 4.69) is 41.6 Å². The molecule has 0 aliphatic carbocycles. The van der Waals surface area contributed by atoms with Crippen LogP contribution in [0.4, 0.5) is 0 Å². The van der Waals surface area contributed by atoms with Crippen LogP contribution in [0, 0.1) is 0 Å². The van der Waals surface area contributed by atoms with Crippen LogP contribution in [0.5, 0.6) is 0 Å². The molecule has 24 nitrogen and oxygen atoms in total. The fourth-order valence-corrected chi connectivity index (χ4v) is 7.00. The molecule has 6 atom stereocenters. The van der Waals surface area contributed by atoms with Crippen LogP contribution in [-0.2, 0) is 46.4 Å². The normalized spacial score (nSPS) is 13.4. The van der Waals surface area contributed by atoms with Gasteiger partial charge >= 0.3 is 5.97 Å². The number of hydrogen-bond donors (Lipinski definition) is 14.